The molecule has 0 bridgehead atoms. The Bertz CT molecular complexity index is 1360. The Hall–Kier alpha value is -4.72. The van der Waals surface area contributed by atoms with Crippen molar-refractivity contribution < 1.29 is 23.9 Å². The van der Waals surface area contributed by atoms with Crippen molar-refractivity contribution in [2.45, 2.75) is 20.4 Å². The van der Waals surface area contributed by atoms with E-state index in [0.717, 1.165) is 11.1 Å². The first kappa shape index (κ1) is 25.4. The molecule has 0 saturated carbocycles. The maximum atomic E-state index is 13.3. The van der Waals surface area contributed by atoms with Gasteiger partial charge < -0.3 is 19.7 Å². The number of hydrogen-bond donors (Lipinski definition) is 1. The van der Waals surface area contributed by atoms with E-state index in [9.17, 15) is 14.4 Å². The molecule has 0 aliphatic carbocycles. The highest BCUT2D eigenvalue weighted by atomic mass is 16.5. The fourth-order valence-corrected chi connectivity index (χ4v) is 3.90. The molecule has 2 aromatic carbocycles. The number of ether oxygens (including phenoxy) is 2. The number of rotatable bonds is 8. The van der Waals surface area contributed by atoms with E-state index in [-0.39, 0.29) is 36.1 Å². The van der Waals surface area contributed by atoms with Crippen LogP contribution in [-0.2, 0) is 25.7 Å². The molecule has 2 amide bonds. The smallest absolute Gasteiger partial charge is 0.340 e. The molecule has 0 atom stereocenters. The molecule has 8 heteroatoms. The molecule has 188 valence electrons. The third-order valence-corrected chi connectivity index (χ3v) is 5.86. The topological polar surface area (TPSA) is 97.8 Å². The lowest BCUT2D eigenvalue weighted by atomic mass is 10.0. The van der Waals surface area contributed by atoms with Crippen LogP contribution in [0.3, 0.4) is 0 Å². The minimum absolute atomic E-state index is 0.148. The number of carbonyl (C=O) groups excluding carboxylic acids is 3. The Morgan fingerprint density at radius 1 is 1.03 bits per heavy atom. The van der Waals surface area contributed by atoms with Gasteiger partial charge in [0.15, 0.2) is 6.61 Å². The fourth-order valence-electron chi connectivity index (χ4n) is 3.90. The molecule has 0 saturated heterocycles. The molecule has 2 heterocycles. The van der Waals surface area contributed by atoms with Crippen LogP contribution >= 0.6 is 0 Å². The lowest BCUT2D eigenvalue weighted by Gasteiger charge is -2.17. The summed E-state index contributed by atoms with van der Waals surface area (Å²) in [7, 11) is 1.29. The molecule has 0 spiro atoms. The third kappa shape index (κ3) is 6.10. The second-order valence-electron chi connectivity index (χ2n) is 8.53. The monoisotopic (exact) mass is 497 g/mol. The summed E-state index contributed by atoms with van der Waals surface area (Å²) in [5.74, 6) is -0.652. The van der Waals surface area contributed by atoms with Crippen molar-refractivity contribution in [1.82, 2.24) is 9.88 Å². The van der Waals surface area contributed by atoms with Gasteiger partial charge >= 0.3 is 5.97 Å². The van der Waals surface area contributed by atoms with Gasteiger partial charge in [-0.1, -0.05) is 35.9 Å². The maximum absolute atomic E-state index is 13.3. The van der Waals surface area contributed by atoms with Crippen LogP contribution in [0.5, 0.6) is 5.75 Å². The average Bonchev–Trinajstić information content (AvgIpc) is 3.14. The van der Waals surface area contributed by atoms with Crippen LogP contribution in [0.1, 0.15) is 23.6 Å². The maximum Gasteiger partial charge on any atom is 0.340 e. The van der Waals surface area contributed by atoms with Crippen molar-refractivity contribution >= 4 is 29.5 Å². The molecule has 1 aliphatic heterocycles. The zero-order chi connectivity index (χ0) is 26.4. The first-order valence-electron chi connectivity index (χ1n) is 11.7. The summed E-state index contributed by atoms with van der Waals surface area (Å²) in [6, 6.07) is 18.1. The number of aromatic nitrogens is 1. The van der Waals surface area contributed by atoms with Gasteiger partial charge in [0.1, 0.15) is 5.75 Å². The number of benzene rings is 2. The Balaban J connectivity index is 1.46. The predicted molar refractivity (Wildman–Crippen MR) is 139 cm³/mol. The lowest BCUT2D eigenvalue weighted by Crippen LogP contribution is -2.24. The molecule has 1 aliphatic rings. The molecular formula is C29H27N3O5. The lowest BCUT2D eigenvalue weighted by molar-refractivity contribution is -0.136. The number of hydrogen-bond acceptors (Lipinski definition) is 6. The van der Waals surface area contributed by atoms with Crippen LogP contribution in [-0.4, -0.2) is 41.4 Å². The summed E-state index contributed by atoms with van der Waals surface area (Å²) in [4.78, 5) is 43.7. The van der Waals surface area contributed by atoms with E-state index in [4.69, 9.17) is 9.47 Å². The van der Waals surface area contributed by atoms with Gasteiger partial charge in [-0.25, -0.2) is 4.79 Å². The number of allylic oxidation sites excluding steroid dienone is 1. The Labute approximate surface area is 215 Å². The zero-order valence-electron chi connectivity index (χ0n) is 20.9. The highest BCUT2D eigenvalue weighted by Gasteiger charge is 2.37. The second kappa shape index (κ2) is 11.3. The number of esters is 1. The fraction of sp³-hybridized carbons (Fsp3) is 0.172. The molecular weight excluding hydrogens is 470 g/mol. The Kier molecular flexibility index (Phi) is 7.78. The van der Waals surface area contributed by atoms with Crippen molar-refractivity contribution in [3.05, 3.63) is 107 Å². The first-order valence-corrected chi connectivity index (χ1v) is 11.7. The SMILES string of the molecule is COC(=O)C1=C(C)N(Cc2cccnc2)C(=O)/C1=C\c1ccc(OCC(=O)Nc2ccc(C)cc2)cc1. The summed E-state index contributed by atoms with van der Waals surface area (Å²) in [5.41, 5.74) is 4.33. The quantitative estimate of drug-likeness (QED) is 0.369. The summed E-state index contributed by atoms with van der Waals surface area (Å²) >= 11 is 0. The van der Waals surface area contributed by atoms with Crippen molar-refractivity contribution in [2.24, 2.45) is 0 Å². The summed E-state index contributed by atoms with van der Waals surface area (Å²) in [6.07, 6.45) is 4.99. The number of aryl methyl sites for hydroxylation is 1. The van der Waals surface area contributed by atoms with Gasteiger partial charge in [-0.15, -0.1) is 0 Å². The van der Waals surface area contributed by atoms with Gasteiger partial charge in [-0.2, -0.15) is 0 Å². The Morgan fingerprint density at radius 3 is 2.41 bits per heavy atom. The summed E-state index contributed by atoms with van der Waals surface area (Å²) < 4.78 is 10.5. The van der Waals surface area contributed by atoms with Crippen LogP contribution in [0.2, 0.25) is 0 Å². The van der Waals surface area contributed by atoms with E-state index in [1.807, 2.05) is 37.3 Å². The number of pyridine rings is 1. The van der Waals surface area contributed by atoms with Crippen molar-refractivity contribution in [1.29, 1.82) is 0 Å². The van der Waals surface area contributed by atoms with E-state index >= 15 is 0 Å². The Morgan fingerprint density at radius 2 is 1.76 bits per heavy atom. The van der Waals surface area contributed by atoms with Crippen LogP contribution < -0.4 is 10.1 Å². The number of carbonyl (C=O) groups is 3. The van der Waals surface area contributed by atoms with E-state index in [2.05, 4.69) is 10.3 Å². The molecule has 3 aromatic rings. The summed E-state index contributed by atoms with van der Waals surface area (Å²) in [5, 5.41) is 2.78. The standard InChI is InChI=1S/C29H27N3O5/c1-19-6-10-23(11-7-19)31-26(33)18-37-24-12-8-21(9-13-24)15-25-27(29(35)36-3)20(2)32(28(25)34)17-22-5-4-14-30-16-22/h4-16H,17-18H2,1-3H3,(H,31,33)/b25-15-. The number of amides is 2. The van der Waals surface area contributed by atoms with Gasteiger partial charge in [0, 0.05) is 23.8 Å². The zero-order valence-corrected chi connectivity index (χ0v) is 20.9. The highest BCUT2D eigenvalue weighted by molar-refractivity contribution is 6.16. The first-order chi connectivity index (χ1) is 17.9. The minimum Gasteiger partial charge on any atom is -0.484 e. The average molecular weight is 498 g/mol. The normalized spacial score (nSPS) is 14.2. The highest BCUT2D eigenvalue weighted by Crippen LogP contribution is 2.33. The minimum atomic E-state index is -0.578. The molecule has 0 unspecified atom stereocenters. The molecule has 1 N–H and O–H groups in total. The van der Waals surface area contributed by atoms with Gasteiger partial charge in [0.05, 0.1) is 24.8 Å². The molecule has 0 fully saturated rings. The van der Waals surface area contributed by atoms with Gasteiger partial charge in [0.2, 0.25) is 0 Å². The van der Waals surface area contributed by atoms with Gasteiger partial charge in [-0.05, 0) is 61.4 Å². The van der Waals surface area contributed by atoms with Crippen LogP contribution in [0.25, 0.3) is 6.08 Å². The van der Waals surface area contributed by atoms with Crippen LogP contribution in [0.4, 0.5) is 5.69 Å². The molecule has 4 rings (SSSR count). The largest absolute Gasteiger partial charge is 0.484 e. The van der Waals surface area contributed by atoms with Gasteiger partial charge in [0.25, 0.3) is 11.8 Å². The van der Waals surface area contributed by atoms with Crippen LogP contribution in [0.15, 0.2) is 89.9 Å². The molecule has 0 radical (unpaired) electrons. The molecule has 37 heavy (non-hydrogen) atoms. The second-order valence-corrected chi connectivity index (χ2v) is 8.53. The van der Waals surface area contributed by atoms with E-state index in [1.165, 1.54) is 7.11 Å². The van der Waals surface area contributed by atoms with Gasteiger partial charge in [-0.3, -0.25) is 14.6 Å². The molecule has 1 aromatic heterocycles. The van der Waals surface area contributed by atoms with Crippen molar-refractivity contribution in [2.75, 3.05) is 19.0 Å². The number of nitrogens with one attached hydrogen (secondary N) is 1. The van der Waals surface area contributed by atoms with E-state index < -0.39 is 5.97 Å². The van der Waals surface area contributed by atoms with Crippen molar-refractivity contribution in [3.63, 3.8) is 0 Å². The summed E-state index contributed by atoms with van der Waals surface area (Å²) in [6.45, 7) is 3.83. The number of nitrogens with zero attached hydrogens (tertiary/aromatic N) is 2. The van der Waals surface area contributed by atoms with E-state index in [1.54, 1.807) is 60.6 Å². The van der Waals surface area contributed by atoms with Crippen LogP contribution in [0, 0.1) is 6.92 Å². The van der Waals surface area contributed by atoms with E-state index in [0.29, 0.717) is 22.7 Å². The number of methoxy groups -OCH3 is 1. The predicted octanol–water partition coefficient (Wildman–Crippen LogP) is 4.28. The third-order valence-electron chi connectivity index (χ3n) is 5.86. The molecule has 8 nitrogen and oxygen atoms in total. The van der Waals surface area contributed by atoms with Crippen molar-refractivity contribution in [3.8, 4) is 5.75 Å². The number of anilines is 1.